The van der Waals surface area contributed by atoms with E-state index in [0.29, 0.717) is 31.8 Å². The van der Waals surface area contributed by atoms with Gasteiger partial charge in [-0.15, -0.1) is 0 Å². The second-order valence-electron chi connectivity index (χ2n) is 8.11. The van der Waals surface area contributed by atoms with Gasteiger partial charge in [-0.2, -0.15) is 0 Å². The van der Waals surface area contributed by atoms with Gasteiger partial charge in [0.2, 0.25) is 5.91 Å². The van der Waals surface area contributed by atoms with E-state index in [-0.39, 0.29) is 17.9 Å². The van der Waals surface area contributed by atoms with Crippen molar-refractivity contribution in [3.63, 3.8) is 0 Å². The third-order valence-electron chi connectivity index (χ3n) is 4.48. The number of amides is 2. The Bertz CT molecular complexity index is 629. The molecular formula is C20H29BrN2O3. The van der Waals surface area contributed by atoms with Crippen molar-refractivity contribution in [1.82, 2.24) is 4.90 Å². The van der Waals surface area contributed by atoms with Crippen molar-refractivity contribution in [2.45, 2.75) is 59.0 Å². The van der Waals surface area contributed by atoms with Gasteiger partial charge in [-0.1, -0.05) is 26.0 Å². The molecule has 1 fully saturated rings. The first-order chi connectivity index (χ1) is 12.1. The molecule has 2 amide bonds. The molecule has 6 heteroatoms. The standard InChI is InChI=1S/C20H29BrN2O3/c1-14(2)15-6-8-17(9-7-15)23(21)18(24)16-10-12-22(13-11-16)19(25)26-20(3,4)5/h6-9,14,16H,10-13H2,1-5H3. The Hall–Kier alpha value is -1.56. The lowest BCUT2D eigenvalue weighted by atomic mass is 9.96. The van der Waals surface area contributed by atoms with E-state index in [1.165, 1.54) is 5.56 Å². The summed E-state index contributed by atoms with van der Waals surface area (Å²) < 4.78 is 6.95. The van der Waals surface area contributed by atoms with Crippen molar-refractivity contribution in [3.05, 3.63) is 29.8 Å². The first-order valence-corrected chi connectivity index (χ1v) is 9.87. The number of piperidine rings is 1. The number of ether oxygens (including phenoxy) is 1. The van der Waals surface area contributed by atoms with Gasteiger partial charge in [-0.05, 0) is 57.2 Å². The van der Waals surface area contributed by atoms with Crippen molar-refractivity contribution in [2.24, 2.45) is 5.92 Å². The maximum atomic E-state index is 12.8. The number of hydrogen-bond donors (Lipinski definition) is 0. The molecule has 1 aromatic carbocycles. The van der Waals surface area contributed by atoms with Crippen LogP contribution >= 0.6 is 16.1 Å². The van der Waals surface area contributed by atoms with Gasteiger partial charge in [0.15, 0.2) is 0 Å². The Morgan fingerprint density at radius 2 is 1.69 bits per heavy atom. The van der Waals surface area contributed by atoms with Crippen molar-refractivity contribution < 1.29 is 14.3 Å². The van der Waals surface area contributed by atoms with Crippen LogP contribution in [0.1, 0.15) is 58.9 Å². The molecule has 0 saturated carbocycles. The van der Waals surface area contributed by atoms with Crippen LogP contribution < -0.4 is 3.93 Å². The van der Waals surface area contributed by atoms with Gasteiger partial charge < -0.3 is 9.64 Å². The molecule has 0 radical (unpaired) electrons. The first-order valence-electron chi connectivity index (χ1n) is 9.16. The van der Waals surface area contributed by atoms with Crippen LogP contribution in [0.15, 0.2) is 24.3 Å². The summed E-state index contributed by atoms with van der Waals surface area (Å²) in [4.78, 5) is 26.6. The number of hydrogen-bond acceptors (Lipinski definition) is 3. The van der Waals surface area contributed by atoms with Gasteiger partial charge in [0, 0.05) is 19.0 Å². The van der Waals surface area contributed by atoms with E-state index in [0.717, 1.165) is 5.69 Å². The highest BCUT2D eigenvalue weighted by Gasteiger charge is 2.32. The summed E-state index contributed by atoms with van der Waals surface area (Å²) >= 11 is 3.41. The molecular weight excluding hydrogens is 396 g/mol. The number of carbonyl (C=O) groups excluding carboxylic acids is 2. The largest absolute Gasteiger partial charge is 0.444 e. The molecule has 26 heavy (non-hydrogen) atoms. The molecule has 1 heterocycles. The number of nitrogens with zero attached hydrogens (tertiary/aromatic N) is 2. The Balaban J connectivity index is 1.92. The van der Waals surface area contributed by atoms with Crippen LogP contribution in [0.3, 0.4) is 0 Å². The average Bonchev–Trinajstić information content (AvgIpc) is 2.59. The number of halogens is 1. The molecule has 1 aromatic rings. The molecule has 1 aliphatic heterocycles. The third-order valence-corrected chi connectivity index (χ3v) is 5.23. The van der Waals surface area contributed by atoms with E-state index in [1.54, 1.807) is 8.83 Å². The summed E-state index contributed by atoms with van der Waals surface area (Å²) in [5.41, 5.74) is 1.57. The van der Waals surface area contributed by atoms with E-state index in [1.807, 2.05) is 45.0 Å². The monoisotopic (exact) mass is 424 g/mol. The van der Waals surface area contributed by atoms with Gasteiger partial charge in [0.05, 0.1) is 21.8 Å². The minimum atomic E-state index is -0.501. The summed E-state index contributed by atoms with van der Waals surface area (Å²) in [6.07, 6.45) is 0.984. The molecule has 1 aliphatic rings. The molecule has 144 valence electrons. The lowest BCUT2D eigenvalue weighted by Gasteiger charge is -2.33. The average molecular weight is 425 g/mol. The van der Waals surface area contributed by atoms with Crippen LogP contribution in [-0.4, -0.2) is 35.6 Å². The highest BCUT2D eigenvalue weighted by molar-refractivity contribution is 9.10. The number of rotatable bonds is 3. The molecule has 0 aliphatic carbocycles. The maximum Gasteiger partial charge on any atom is 0.410 e. The summed E-state index contributed by atoms with van der Waals surface area (Å²) in [5, 5.41) is 0. The number of carbonyl (C=O) groups is 2. The molecule has 2 rings (SSSR count). The highest BCUT2D eigenvalue weighted by atomic mass is 79.9. The van der Waals surface area contributed by atoms with Crippen LogP contribution in [0.4, 0.5) is 10.5 Å². The predicted molar refractivity (Wildman–Crippen MR) is 107 cm³/mol. The van der Waals surface area contributed by atoms with Crippen molar-refractivity contribution in [2.75, 3.05) is 17.0 Å². The van der Waals surface area contributed by atoms with E-state index in [2.05, 4.69) is 30.0 Å². The zero-order valence-electron chi connectivity index (χ0n) is 16.3. The summed E-state index contributed by atoms with van der Waals surface area (Å²) in [6, 6.07) is 8.01. The van der Waals surface area contributed by atoms with E-state index >= 15 is 0 Å². The second kappa shape index (κ2) is 8.42. The normalized spacial score (nSPS) is 15.9. The zero-order chi connectivity index (χ0) is 19.5. The van der Waals surface area contributed by atoms with Crippen LogP contribution in [-0.2, 0) is 9.53 Å². The quantitative estimate of drug-likeness (QED) is 0.634. The third kappa shape index (κ3) is 5.47. The van der Waals surface area contributed by atoms with Gasteiger partial charge in [-0.3, -0.25) is 4.79 Å². The van der Waals surface area contributed by atoms with Crippen LogP contribution in [0.5, 0.6) is 0 Å². The van der Waals surface area contributed by atoms with Crippen molar-refractivity contribution >= 4 is 33.8 Å². The van der Waals surface area contributed by atoms with E-state index in [9.17, 15) is 9.59 Å². The fourth-order valence-corrected chi connectivity index (χ4v) is 3.44. The summed E-state index contributed by atoms with van der Waals surface area (Å²) in [6.45, 7) is 10.9. The number of benzene rings is 1. The van der Waals surface area contributed by atoms with Crippen molar-refractivity contribution in [3.8, 4) is 0 Å². The predicted octanol–water partition coefficient (Wildman–Crippen LogP) is 5.10. The molecule has 1 saturated heterocycles. The van der Waals surface area contributed by atoms with Gasteiger partial charge >= 0.3 is 6.09 Å². The Labute approximate surface area is 165 Å². The Morgan fingerprint density at radius 1 is 1.15 bits per heavy atom. The molecule has 0 atom stereocenters. The number of likely N-dealkylation sites (tertiary alicyclic amines) is 1. The summed E-state index contributed by atoms with van der Waals surface area (Å²) in [5.74, 6) is 0.393. The smallest absolute Gasteiger partial charge is 0.410 e. The second-order valence-corrected chi connectivity index (χ2v) is 8.82. The van der Waals surface area contributed by atoms with Gasteiger partial charge in [-0.25, -0.2) is 8.72 Å². The number of anilines is 1. The molecule has 0 spiro atoms. The molecule has 0 unspecified atom stereocenters. The first kappa shape index (κ1) is 20.7. The highest BCUT2D eigenvalue weighted by Crippen LogP contribution is 2.28. The van der Waals surface area contributed by atoms with E-state index in [4.69, 9.17) is 4.74 Å². The fourth-order valence-electron chi connectivity index (χ4n) is 2.91. The molecule has 5 nitrogen and oxygen atoms in total. The van der Waals surface area contributed by atoms with Gasteiger partial charge in [0.25, 0.3) is 0 Å². The molecule has 0 N–H and O–H groups in total. The zero-order valence-corrected chi connectivity index (χ0v) is 17.9. The van der Waals surface area contributed by atoms with Crippen molar-refractivity contribution in [1.29, 1.82) is 0 Å². The maximum absolute atomic E-state index is 12.8. The topological polar surface area (TPSA) is 49.9 Å². The summed E-state index contributed by atoms with van der Waals surface area (Å²) in [7, 11) is 0. The molecule has 0 aromatic heterocycles. The van der Waals surface area contributed by atoms with Crippen LogP contribution in [0, 0.1) is 5.92 Å². The lowest BCUT2D eigenvalue weighted by molar-refractivity contribution is -0.122. The minimum absolute atomic E-state index is 0.0335. The SMILES string of the molecule is CC(C)c1ccc(N(Br)C(=O)C2CCN(C(=O)OC(C)(C)C)CC2)cc1. The van der Waals surface area contributed by atoms with Crippen LogP contribution in [0.2, 0.25) is 0 Å². The van der Waals surface area contributed by atoms with E-state index < -0.39 is 5.60 Å². The van der Waals surface area contributed by atoms with Gasteiger partial charge in [0.1, 0.15) is 5.60 Å². The Kier molecular flexibility index (Phi) is 6.72. The molecule has 0 bridgehead atoms. The minimum Gasteiger partial charge on any atom is -0.444 e. The fraction of sp³-hybridized carbons (Fsp3) is 0.600. The lowest BCUT2D eigenvalue weighted by Crippen LogP contribution is -2.44. The Morgan fingerprint density at radius 3 is 2.15 bits per heavy atom. The van der Waals surface area contributed by atoms with Crippen LogP contribution in [0.25, 0.3) is 0 Å².